The highest BCUT2D eigenvalue weighted by molar-refractivity contribution is 7.89. The Hall–Kier alpha value is -1.05. The lowest BCUT2D eigenvalue weighted by Gasteiger charge is -2.37. The van der Waals surface area contributed by atoms with E-state index in [-0.39, 0.29) is 23.5 Å². The van der Waals surface area contributed by atoms with Gasteiger partial charge < -0.3 is 0 Å². The predicted molar refractivity (Wildman–Crippen MR) is 76.4 cm³/mol. The molecule has 2 saturated carbocycles. The lowest BCUT2D eigenvalue weighted by atomic mass is 9.70. The molecular weight excluding hydrogens is 433 g/mol. The summed E-state index contributed by atoms with van der Waals surface area (Å²) < 4.78 is 140. The molecule has 4 nitrogen and oxygen atoms in total. The number of fused-ring (bicyclic) bond motifs is 2. The van der Waals surface area contributed by atoms with E-state index < -0.39 is 56.5 Å². The van der Waals surface area contributed by atoms with Crippen molar-refractivity contribution >= 4 is 15.8 Å². The Morgan fingerprint density at radius 1 is 1.00 bits per heavy atom. The van der Waals surface area contributed by atoms with Crippen LogP contribution >= 0.6 is 0 Å². The molecule has 0 aromatic rings. The number of Topliss-reactive ketones (excluding diaryl/α,β-unsaturated/α-hetero) is 1. The topological polar surface area (TPSA) is 63.2 Å². The summed E-state index contributed by atoms with van der Waals surface area (Å²) in [6, 6.07) is -6.47. The molecule has 0 aromatic carbocycles. The molecular formula is C14H16F9NO3S. The molecule has 0 radical (unpaired) electrons. The van der Waals surface area contributed by atoms with Crippen LogP contribution < -0.4 is 4.72 Å². The van der Waals surface area contributed by atoms with E-state index >= 15 is 0 Å². The van der Waals surface area contributed by atoms with Gasteiger partial charge in [0.15, 0.2) is 0 Å². The molecule has 0 heterocycles. The smallest absolute Gasteiger partial charge is 0.299 e. The average Bonchev–Trinajstić information content (AvgIpc) is 2.77. The first kappa shape index (κ1) is 23.2. The van der Waals surface area contributed by atoms with Crippen molar-refractivity contribution in [3.05, 3.63) is 0 Å². The van der Waals surface area contributed by atoms with Crippen LogP contribution in [-0.4, -0.2) is 44.0 Å². The van der Waals surface area contributed by atoms with Crippen molar-refractivity contribution in [2.75, 3.05) is 5.75 Å². The van der Waals surface area contributed by atoms with Crippen LogP contribution in [0.5, 0.6) is 0 Å². The molecule has 14 heteroatoms. The van der Waals surface area contributed by atoms with E-state index in [1.54, 1.807) is 0 Å². The van der Waals surface area contributed by atoms with E-state index in [9.17, 15) is 52.7 Å². The summed E-state index contributed by atoms with van der Waals surface area (Å²) in [6.07, 6.45) is -6.84. The quantitative estimate of drug-likeness (QED) is 0.497. The molecule has 2 fully saturated rings. The Labute approximate surface area is 153 Å². The summed E-state index contributed by atoms with van der Waals surface area (Å²) in [6.45, 7) is 2.96. The van der Waals surface area contributed by atoms with Gasteiger partial charge in [-0.25, -0.2) is 8.42 Å². The van der Waals surface area contributed by atoms with Gasteiger partial charge in [0.05, 0.1) is 5.75 Å². The van der Waals surface area contributed by atoms with Gasteiger partial charge in [-0.15, -0.1) is 4.72 Å². The molecule has 2 unspecified atom stereocenters. The molecule has 28 heavy (non-hydrogen) atoms. The standard InChI is InChI=1S/C14H16F9NO3S/c1-9(2)7-3-4-10(9,8(25)5-7)6-28(26,27)24-14(22,23)12(17,18)11(15,16)13(19,20)21/h7,24H,3-6H2,1-2H3. The van der Waals surface area contributed by atoms with Crippen LogP contribution in [0.4, 0.5) is 39.5 Å². The van der Waals surface area contributed by atoms with Crippen molar-refractivity contribution in [2.24, 2.45) is 16.7 Å². The predicted octanol–water partition coefficient (Wildman–Crippen LogP) is 3.73. The lowest BCUT2D eigenvalue weighted by Crippen LogP contribution is -2.66. The summed E-state index contributed by atoms with van der Waals surface area (Å²) in [5, 5.41) is 0. The van der Waals surface area contributed by atoms with Crippen molar-refractivity contribution in [3.8, 4) is 0 Å². The highest BCUT2D eigenvalue weighted by Crippen LogP contribution is 2.64. The van der Waals surface area contributed by atoms with Crippen LogP contribution in [0.15, 0.2) is 0 Å². The van der Waals surface area contributed by atoms with Gasteiger partial charge in [0.25, 0.3) is 0 Å². The number of hydrogen-bond acceptors (Lipinski definition) is 3. The maximum Gasteiger partial charge on any atom is 0.460 e. The monoisotopic (exact) mass is 449 g/mol. The zero-order valence-electron chi connectivity index (χ0n) is 14.4. The van der Waals surface area contributed by atoms with Crippen molar-refractivity contribution in [2.45, 2.75) is 57.2 Å². The van der Waals surface area contributed by atoms with E-state index in [4.69, 9.17) is 0 Å². The zero-order valence-corrected chi connectivity index (χ0v) is 15.3. The molecule has 0 spiro atoms. The summed E-state index contributed by atoms with van der Waals surface area (Å²) >= 11 is 0. The van der Waals surface area contributed by atoms with Crippen molar-refractivity contribution < 1.29 is 52.7 Å². The second-order valence-corrected chi connectivity index (χ2v) is 9.47. The van der Waals surface area contributed by atoms with E-state index in [0.717, 1.165) is 0 Å². The number of sulfonamides is 1. The Bertz CT molecular complexity index is 775. The Morgan fingerprint density at radius 3 is 1.86 bits per heavy atom. The Balaban J connectivity index is 2.35. The van der Waals surface area contributed by atoms with E-state index in [0.29, 0.717) is 6.42 Å². The Morgan fingerprint density at radius 2 is 1.50 bits per heavy atom. The van der Waals surface area contributed by atoms with E-state index in [1.807, 2.05) is 0 Å². The van der Waals surface area contributed by atoms with Gasteiger partial charge in [0.2, 0.25) is 10.0 Å². The fourth-order valence-electron chi connectivity index (χ4n) is 4.10. The SMILES string of the molecule is CC1(C)C2CCC1(CS(=O)(=O)NC(F)(F)C(F)(F)C(F)(F)C(F)(F)F)C(=O)C2. The highest BCUT2D eigenvalue weighted by Gasteiger charge is 2.82. The first-order chi connectivity index (χ1) is 12.1. The number of ketones is 1. The third-order valence-corrected chi connectivity index (χ3v) is 7.44. The van der Waals surface area contributed by atoms with Crippen LogP contribution in [0.3, 0.4) is 0 Å². The maximum absolute atomic E-state index is 13.6. The lowest BCUT2D eigenvalue weighted by molar-refractivity contribution is -0.397. The number of nitrogens with one attached hydrogen (secondary N) is 1. The molecule has 2 atom stereocenters. The summed E-state index contributed by atoms with van der Waals surface area (Å²) in [5.74, 6) is -16.7. The van der Waals surface area contributed by atoms with Gasteiger partial charge in [-0.1, -0.05) is 13.8 Å². The molecule has 2 aliphatic carbocycles. The number of carbonyl (C=O) groups is 1. The van der Waals surface area contributed by atoms with E-state index in [1.165, 1.54) is 13.8 Å². The van der Waals surface area contributed by atoms with Gasteiger partial charge >= 0.3 is 24.1 Å². The first-order valence-electron chi connectivity index (χ1n) is 7.90. The number of alkyl halides is 9. The second-order valence-electron chi connectivity index (χ2n) is 7.75. The summed E-state index contributed by atoms with van der Waals surface area (Å²) in [4.78, 5) is 12.2. The molecule has 0 aromatic heterocycles. The molecule has 2 rings (SSSR count). The maximum atomic E-state index is 13.6. The highest BCUT2D eigenvalue weighted by atomic mass is 32.2. The third-order valence-electron chi connectivity index (χ3n) is 6.00. The van der Waals surface area contributed by atoms with Gasteiger partial charge in [-0.3, -0.25) is 4.79 Å². The van der Waals surface area contributed by atoms with Gasteiger partial charge in [-0.05, 0) is 24.2 Å². The van der Waals surface area contributed by atoms with Crippen LogP contribution in [-0.2, 0) is 14.8 Å². The normalized spacial score (nSPS) is 28.8. The fraction of sp³-hybridized carbons (Fsp3) is 0.929. The first-order valence-corrected chi connectivity index (χ1v) is 9.55. The number of carbonyl (C=O) groups excluding carboxylic acids is 1. The van der Waals surface area contributed by atoms with Crippen LogP contribution in [0.25, 0.3) is 0 Å². The number of halogens is 9. The van der Waals surface area contributed by atoms with Crippen LogP contribution in [0.2, 0.25) is 0 Å². The number of hydrogen-bond donors (Lipinski definition) is 1. The fourth-order valence-corrected chi connectivity index (χ4v) is 6.02. The molecule has 0 amide bonds. The second kappa shape index (κ2) is 5.99. The molecule has 2 bridgehead atoms. The number of rotatable bonds is 6. The minimum absolute atomic E-state index is 0.0294. The summed E-state index contributed by atoms with van der Waals surface area (Å²) in [7, 11) is -5.56. The van der Waals surface area contributed by atoms with Crippen LogP contribution in [0.1, 0.15) is 33.1 Å². The van der Waals surface area contributed by atoms with Crippen molar-refractivity contribution in [3.63, 3.8) is 0 Å². The third kappa shape index (κ3) is 3.01. The molecule has 164 valence electrons. The molecule has 0 aliphatic heterocycles. The molecule has 1 N–H and O–H groups in total. The largest absolute Gasteiger partial charge is 0.460 e. The van der Waals surface area contributed by atoms with Gasteiger partial charge in [-0.2, -0.15) is 39.5 Å². The van der Waals surface area contributed by atoms with E-state index in [2.05, 4.69) is 0 Å². The summed E-state index contributed by atoms with van der Waals surface area (Å²) in [5.41, 5.74) is -2.73. The zero-order chi connectivity index (χ0) is 22.2. The van der Waals surface area contributed by atoms with Crippen molar-refractivity contribution in [1.29, 1.82) is 0 Å². The van der Waals surface area contributed by atoms with Crippen LogP contribution in [0, 0.1) is 16.7 Å². The van der Waals surface area contributed by atoms with Crippen molar-refractivity contribution in [1.82, 2.24) is 4.72 Å². The van der Waals surface area contributed by atoms with Gasteiger partial charge in [0.1, 0.15) is 5.78 Å². The minimum Gasteiger partial charge on any atom is -0.299 e. The molecule has 0 saturated heterocycles. The van der Waals surface area contributed by atoms with Gasteiger partial charge in [0, 0.05) is 11.8 Å². The Kier molecular flexibility index (Phi) is 4.97. The minimum atomic E-state index is -7.22. The molecule has 2 aliphatic rings. The average molecular weight is 449 g/mol.